The lowest BCUT2D eigenvalue weighted by Crippen LogP contribution is -2.13. The van der Waals surface area contributed by atoms with E-state index in [0.717, 1.165) is 12.1 Å². The van der Waals surface area contributed by atoms with Gasteiger partial charge in [-0.2, -0.15) is 0 Å². The van der Waals surface area contributed by atoms with Crippen molar-refractivity contribution in [3.05, 3.63) is 36.1 Å². The van der Waals surface area contributed by atoms with Gasteiger partial charge in [0.25, 0.3) is 0 Å². The number of imidazole rings is 1. The molecule has 0 saturated heterocycles. The number of nitrogens with zero attached hydrogens (tertiary/aromatic N) is 2. The Morgan fingerprint density at radius 1 is 1.47 bits per heavy atom. The Bertz CT molecular complexity index is 698. The highest BCUT2D eigenvalue weighted by Crippen LogP contribution is 2.16. The molecule has 8 heteroatoms. The molecular weight excluding hydrogens is 272 g/mol. The molecule has 1 N–H and O–H groups in total. The summed E-state index contributed by atoms with van der Waals surface area (Å²) in [6, 6.07) is 2.28. The second kappa shape index (κ2) is 4.88. The van der Waals surface area contributed by atoms with E-state index in [1.807, 2.05) is 0 Å². The van der Waals surface area contributed by atoms with Gasteiger partial charge in [0, 0.05) is 18.9 Å². The van der Waals surface area contributed by atoms with Gasteiger partial charge in [0.1, 0.15) is 5.82 Å². The quantitative estimate of drug-likeness (QED) is 0.877. The van der Waals surface area contributed by atoms with Crippen molar-refractivity contribution in [1.82, 2.24) is 9.55 Å². The topological polar surface area (TPSA) is 102 Å². The van der Waals surface area contributed by atoms with Crippen LogP contribution in [0.2, 0.25) is 0 Å². The van der Waals surface area contributed by atoms with E-state index in [0.29, 0.717) is 5.82 Å². The molecule has 0 radical (unpaired) electrons. The standard InChI is InChI=1S/C11H12N2O5S/c1-8-12-4-5-13(8)6-7-19(16,17)10-3-2-9(18-10)11(14)15/h2-5H,6-7H2,1H3,(H,14,15). The second-order valence-corrected chi connectivity index (χ2v) is 5.95. The third-order valence-electron chi connectivity index (χ3n) is 2.62. The smallest absolute Gasteiger partial charge is 0.371 e. The van der Waals surface area contributed by atoms with Crippen molar-refractivity contribution in [2.24, 2.45) is 0 Å². The third-order valence-corrected chi connectivity index (χ3v) is 4.18. The van der Waals surface area contributed by atoms with Crippen LogP contribution in [0.4, 0.5) is 0 Å². The first kappa shape index (κ1) is 13.3. The van der Waals surface area contributed by atoms with E-state index in [9.17, 15) is 13.2 Å². The lowest BCUT2D eigenvalue weighted by atomic mass is 10.5. The first-order valence-electron chi connectivity index (χ1n) is 5.44. The summed E-state index contributed by atoms with van der Waals surface area (Å²) in [6.45, 7) is 2.00. The summed E-state index contributed by atoms with van der Waals surface area (Å²) in [5, 5.41) is 8.35. The normalized spacial score (nSPS) is 11.6. The minimum absolute atomic E-state index is 0.184. The molecule has 2 rings (SSSR count). The molecule has 102 valence electrons. The lowest BCUT2D eigenvalue weighted by Gasteiger charge is -2.04. The molecule has 0 aliphatic carbocycles. The summed E-state index contributed by atoms with van der Waals surface area (Å²) in [4.78, 5) is 14.6. The van der Waals surface area contributed by atoms with Crippen molar-refractivity contribution in [2.45, 2.75) is 18.6 Å². The summed E-state index contributed by atoms with van der Waals surface area (Å²) in [5.41, 5.74) is 0. The summed E-state index contributed by atoms with van der Waals surface area (Å²) in [6.07, 6.45) is 3.26. The summed E-state index contributed by atoms with van der Waals surface area (Å²) in [5.74, 6) is -1.17. The molecule has 0 spiro atoms. The monoisotopic (exact) mass is 284 g/mol. The summed E-state index contributed by atoms with van der Waals surface area (Å²) in [7, 11) is -3.64. The maximum Gasteiger partial charge on any atom is 0.371 e. The molecule has 0 aliphatic heterocycles. The number of hydrogen-bond donors (Lipinski definition) is 1. The number of carboxylic acids is 1. The lowest BCUT2D eigenvalue weighted by molar-refractivity contribution is 0.0656. The van der Waals surface area contributed by atoms with E-state index < -0.39 is 21.6 Å². The van der Waals surface area contributed by atoms with Crippen LogP contribution in [0.5, 0.6) is 0 Å². The Morgan fingerprint density at radius 3 is 2.74 bits per heavy atom. The number of rotatable bonds is 5. The van der Waals surface area contributed by atoms with Gasteiger partial charge >= 0.3 is 5.97 Å². The zero-order chi connectivity index (χ0) is 14.0. The first-order valence-corrected chi connectivity index (χ1v) is 7.09. The van der Waals surface area contributed by atoms with Gasteiger partial charge in [0.2, 0.25) is 20.7 Å². The van der Waals surface area contributed by atoms with E-state index in [2.05, 4.69) is 4.98 Å². The minimum atomic E-state index is -3.64. The Kier molecular flexibility index (Phi) is 3.43. The number of aryl methyl sites for hydroxylation is 2. The van der Waals surface area contributed by atoms with Gasteiger partial charge in [-0.05, 0) is 19.1 Å². The van der Waals surface area contributed by atoms with Gasteiger partial charge in [-0.15, -0.1) is 0 Å². The van der Waals surface area contributed by atoms with Crippen LogP contribution < -0.4 is 0 Å². The molecule has 0 saturated carbocycles. The number of aromatic nitrogens is 2. The zero-order valence-corrected chi connectivity index (χ0v) is 10.9. The van der Waals surface area contributed by atoms with Crippen molar-refractivity contribution < 1.29 is 22.7 Å². The van der Waals surface area contributed by atoms with Crippen LogP contribution in [0.3, 0.4) is 0 Å². The fraction of sp³-hybridized carbons (Fsp3) is 0.273. The number of aromatic carboxylic acids is 1. The van der Waals surface area contributed by atoms with Crippen molar-refractivity contribution >= 4 is 15.8 Å². The van der Waals surface area contributed by atoms with Crippen molar-refractivity contribution in [1.29, 1.82) is 0 Å². The number of hydrogen-bond acceptors (Lipinski definition) is 5. The molecule has 7 nitrogen and oxygen atoms in total. The van der Waals surface area contributed by atoms with E-state index in [1.165, 1.54) is 0 Å². The molecule has 0 atom stereocenters. The molecule has 2 aromatic rings. The van der Waals surface area contributed by atoms with Crippen LogP contribution in [0.25, 0.3) is 0 Å². The Labute approximate surface area is 109 Å². The maximum atomic E-state index is 12.0. The minimum Gasteiger partial charge on any atom is -0.475 e. The third kappa shape index (κ3) is 2.84. The van der Waals surface area contributed by atoms with E-state index in [-0.39, 0.29) is 17.4 Å². The van der Waals surface area contributed by atoms with Gasteiger partial charge < -0.3 is 14.1 Å². The predicted molar refractivity (Wildman–Crippen MR) is 64.7 cm³/mol. The average molecular weight is 284 g/mol. The van der Waals surface area contributed by atoms with Crippen LogP contribution in [0.1, 0.15) is 16.4 Å². The Morgan fingerprint density at radius 2 is 2.21 bits per heavy atom. The van der Waals surface area contributed by atoms with E-state index in [1.54, 1.807) is 23.9 Å². The number of sulfone groups is 1. The summed E-state index contributed by atoms with van der Waals surface area (Å²) < 4.78 is 30.4. The van der Waals surface area contributed by atoms with Crippen molar-refractivity contribution in [2.75, 3.05) is 5.75 Å². The molecule has 0 amide bonds. The number of carboxylic acid groups (broad SMARTS) is 1. The molecule has 0 bridgehead atoms. The van der Waals surface area contributed by atoms with E-state index in [4.69, 9.17) is 9.52 Å². The van der Waals surface area contributed by atoms with Crippen LogP contribution in [-0.4, -0.2) is 34.8 Å². The molecule has 0 unspecified atom stereocenters. The highest BCUT2D eigenvalue weighted by molar-refractivity contribution is 7.91. The second-order valence-electron chi connectivity index (χ2n) is 3.91. The number of carbonyl (C=O) groups is 1. The van der Waals surface area contributed by atoms with Gasteiger partial charge in [-0.1, -0.05) is 0 Å². The van der Waals surface area contributed by atoms with Gasteiger partial charge in [-0.25, -0.2) is 18.2 Å². The van der Waals surface area contributed by atoms with Crippen molar-refractivity contribution in [3.8, 4) is 0 Å². The molecule has 19 heavy (non-hydrogen) atoms. The SMILES string of the molecule is Cc1nccn1CCS(=O)(=O)c1ccc(C(=O)O)o1. The van der Waals surface area contributed by atoms with Gasteiger partial charge in [0.15, 0.2) is 0 Å². The molecule has 2 aromatic heterocycles. The molecule has 0 fully saturated rings. The average Bonchev–Trinajstić information content (AvgIpc) is 2.95. The van der Waals surface area contributed by atoms with Gasteiger partial charge in [0.05, 0.1) is 5.75 Å². The first-order chi connectivity index (χ1) is 8.90. The van der Waals surface area contributed by atoms with Crippen LogP contribution in [0.15, 0.2) is 34.0 Å². The predicted octanol–water partition coefficient (Wildman–Crippen LogP) is 0.957. The van der Waals surface area contributed by atoms with Gasteiger partial charge in [-0.3, -0.25) is 0 Å². The van der Waals surface area contributed by atoms with Crippen LogP contribution in [-0.2, 0) is 16.4 Å². The Balaban J connectivity index is 2.14. The molecule has 2 heterocycles. The van der Waals surface area contributed by atoms with Crippen LogP contribution >= 0.6 is 0 Å². The molecule has 0 aliphatic rings. The highest BCUT2D eigenvalue weighted by atomic mass is 32.2. The fourth-order valence-corrected chi connectivity index (χ4v) is 2.69. The van der Waals surface area contributed by atoms with Crippen molar-refractivity contribution in [3.63, 3.8) is 0 Å². The van der Waals surface area contributed by atoms with Crippen LogP contribution in [0, 0.1) is 6.92 Å². The maximum absolute atomic E-state index is 12.0. The molecular formula is C11H12N2O5S. The highest BCUT2D eigenvalue weighted by Gasteiger charge is 2.21. The Hall–Kier alpha value is -2.09. The largest absolute Gasteiger partial charge is 0.475 e. The van der Waals surface area contributed by atoms with E-state index >= 15 is 0 Å². The number of furan rings is 1. The molecule has 0 aromatic carbocycles. The fourth-order valence-electron chi connectivity index (χ4n) is 1.56. The zero-order valence-electron chi connectivity index (χ0n) is 10.1. The summed E-state index contributed by atoms with van der Waals surface area (Å²) >= 11 is 0.